The third-order valence-electron chi connectivity index (χ3n) is 1.70. The standard InChI is InChI=1S/C6H6IO6.Sr.Zn/c8-1-2-4-5(13-7-12-2)3(9)6(10)11-4;;/h2,4,8-9H,1H2;;/q-1;2*+2. The normalized spacial score (nSPS) is 28.7. The molecule has 2 atom stereocenters. The van der Waals surface area contributed by atoms with Gasteiger partial charge in [-0.05, 0) is 0 Å². The summed E-state index contributed by atoms with van der Waals surface area (Å²) in [6.45, 7) is -0.266. The van der Waals surface area contributed by atoms with E-state index in [2.05, 4.69) is 0 Å². The topological polar surface area (TPSA) is 85.2 Å². The molecule has 0 aromatic carbocycles. The smallest absolute Gasteiger partial charge is 2.00 e. The van der Waals surface area contributed by atoms with Crippen LogP contribution >= 0.6 is 0 Å². The van der Waals surface area contributed by atoms with Crippen molar-refractivity contribution < 1.29 is 67.4 Å². The van der Waals surface area contributed by atoms with Crippen molar-refractivity contribution in [2.45, 2.75) is 12.2 Å². The van der Waals surface area contributed by atoms with Gasteiger partial charge in [-0.15, -0.1) is 0 Å². The van der Waals surface area contributed by atoms with E-state index < -0.39 is 46.0 Å². The SMILES string of the molecule is O=C1OC2C(=C1O)O[I-]OC2CO.[Sr+2].[Zn+2]. The Morgan fingerprint density at radius 3 is 2.73 bits per heavy atom. The van der Waals surface area contributed by atoms with Gasteiger partial charge in [-0.1, -0.05) is 0 Å². The van der Waals surface area contributed by atoms with Gasteiger partial charge in [0.15, 0.2) is 0 Å². The van der Waals surface area contributed by atoms with Crippen LogP contribution in [-0.2, 0) is 35.1 Å². The number of halogens is 1. The third kappa shape index (κ3) is 3.28. The second-order valence-electron chi connectivity index (χ2n) is 2.49. The Kier molecular flexibility index (Phi) is 7.84. The fraction of sp³-hybridized carbons (Fsp3) is 0.500. The van der Waals surface area contributed by atoms with Crippen LogP contribution < -0.4 is 22.0 Å². The predicted molar refractivity (Wildman–Crippen MR) is 38.3 cm³/mol. The van der Waals surface area contributed by atoms with Gasteiger partial charge in [-0.3, -0.25) is 0 Å². The Labute approximate surface area is 147 Å². The molecule has 2 unspecified atom stereocenters. The summed E-state index contributed by atoms with van der Waals surface area (Å²) in [6, 6.07) is 0. The fourth-order valence-electron chi connectivity index (χ4n) is 1.05. The first kappa shape index (κ1) is 16.6. The van der Waals surface area contributed by atoms with Crippen molar-refractivity contribution in [1.29, 1.82) is 0 Å². The van der Waals surface area contributed by atoms with Gasteiger partial charge in [-0.25, -0.2) is 0 Å². The zero-order valence-electron chi connectivity index (χ0n) is 7.68. The summed E-state index contributed by atoms with van der Waals surface area (Å²) < 4.78 is 14.8. The maximum atomic E-state index is 10.9. The monoisotopic (exact) mass is 453 g/mol. The van der Waals surface area contributed by atoms with Gasteiger partial charge in [0.05, 0.1) is 0 Å². The van der Waals surface area contributed by atoms with Crippen molar-refractivity contribution in [2.24, 2.45) is 0 Å². The van der Waals surface area contributed by atoms with Crippen LogP contribution in [0.15, 0.2) is 11.5 Å². The molecule has 0 radical (unpaired) electrons. The number of fused-ring (bicyclic) bond motifs is 1. The molecule has 0 aliphatic carbocycles. The molecule has 74 valence electrons. The summed E-state index contributed by atoms with van der Waals surface area (Å²) >= 11 is -1.02. The van der Waals surface area contributed by atoms with E-state index >= 15 is 0 Å². The van der Waals surface area contributed by atoms with Gasteiger partial charge in [-0.2, -0.15) is 0 Å². The molecule has 0 spiro atoms. The second kappa shape index (κ2) is 7.10. The fourth-order valence-corrected chi connectivity index (χ4v) is 2.51. The summed E-state index contributed by atoms with van der Waals surface area (Å²) in [4.78, 5) is 10.9. The predicted octanol–water partition coefficient (Wildman–Crippen LogP) is -4.38. The second-order valence-corrected chi connectivity index (χ2v) is 3.80. The van der Waals surface area contributed by atoms with E-state index in [-0.39, 0.29) is 77.3 Å². The first-order chi connectivity index (χ1) is 6.24. The minimum atomic E-state index is -1.02. The summed E-state index contributed by atoms with van der Waals surface area (Å²) in [5.41, 5.74) is 0. The first-order valence-electron chi connectivity index (χ1n) is 3.46. The molecule has 0 amide bonds. The largest absolute Gasteiger partial charge is 2.00 e. The van der Waals surface area contributed by atoms with Crippen molar-refractivity contribution in [3.8, 4) is 0 Å². The Hall–Kier alpha value is 1.56. The Bertz CT molecular complexity index is 285. The summed E-state index contributed by atoms with van der Waals surface area (Å²) in [6.07, 6.45) is -1.39. The van der Waals surface area contributed by atoms with E-state index in [9.17, 15) is 4.79 Å². The first-order valence-corrected chi connectivity index (χ1v) is 5.22. The van der Waals surface area contributed by atoms with E-state index in [1.54, 1.807) is 0 Å². The number of ether oxygens (including phenoxy) is 1. The summed E-state index contributed by atoms with van der Waals surface area (Å²) in [5, 5.41) is 18.0. The van der Waals surface area contributed by atoms with Crippen LogP contribution in [0.1, 0.15) is 0 Å². The molecule has 6 nitrogen and oxygen atoms in total. The number of aliphatic hydroxyl groups is 2. The molecular formula is C6H6IO6SrZn+3. The maximum Gasteiger partial charge on any atom is 2.00 e. The Morgan fingerprint density at radius 2 is 2.13 bits per heavy atom. The van der Waals surface area contributed by atoms with Crippen LogP contribution in [0, 0.1) is 0 Å². The van der Waals surface area contributed by atoms with E-state index in [1.807, 2.05) is 0 Å². The van der Waals surface area contributed by atoms with Gasteiger partial charge in [0, 0.05) is 0 Å². The van der Waals surface area contributed by atoms with E-state index in [0.717, 1.165) is 0 Å². The number of rotatable bonds is 1. The van der Waals surface area contributed by atoms with Crippen molar-refractivity contribution >= 4 is 51.5 Å². The number of aliphatic hydroxyl groups excluding tert-OH is 2. The zero-order valence-corrected chi connectivity index (χ0v) is 16.3. The molecule has 0 aromatic heterocycles. The molecule has 2 aliphatic heterocycles. The van der Waals surface area contributed by atoms with Crippen LogP contribution in [0.4, 0.5) is 0 Å². The molecule has 1 fully saturated rings. The van der Waals surface area contributed by atoms with Crippen LogP contribution in [0.5, 0.6) is 0 Å². The molecule has 2 N–H and O–H groups in total. The van der Waals surface area contributed by atoms with Gasteiger partial charge >= 0.3 is 149 Å². The van der Waals surface area contributed by atoms with Crippen LogP contribution in [0.3, 0.4) is 0 Å². The van der Waals surface area contributed by atoms with Gasteiger partial charge in [0.2, 0.25) is 0 Å². The molecule has 9 heteroatoms. The molecule has 0 saturated carbocycles. The average Bonchev–Trinajstić information content (AvgIpc) is 2.43. The summed E-state index contributed by atoms with van der Waals surface area (Å²) in [5.74, 6) is -1.23. The Morgan fingerprint density at radius 1 is 1.47 bits per heavy atom. The molecule has 1 saturated heterocycles. The molecule has 0 aromatic rings. The Balaban J connectivity index is 0.000000980. The average molecular weight is 454 g/mol. The van der Waals surface area contributed by atoms with Crippen LogP contribution in [-0.4, -0.2) is 80.5 Å². The molecule has 0 bridgehead atoms. The number of hydrogen-bond donors (Lipinski definition) is 2. The van der Waals surface area contributed by atoms with E-state index in [1.165, 1.54) is 0 Å². The minimum Gasteiger partial charge on any atom is 2.00 e. The molecular weight excluding hydrogens is 448 g/mol. The molecule has 2 heterocycles. The van der Waals surface area contributed by atoms with Crippen LogP contribution in [0.25, 0.3) is 0 Å². The van der Waals surface area contributed by atoms with Crippen molar-refractivity contribution in [1.82, 2.24) is 0 Å². The number of carbonyl (C=O) groups excluding carboxylic acids is 1. The molecule has 2 aliphatic rings. The number of hydrogen-bond acceptors (Lipinski definition) is 6. The molecule has 15 heavy (non-hydrogen) atoms. The van der Waals surface area contributed by atoms with Crippen molar-refractivity contribution in [2.75, 3.05) is 6.61 Å². The number of esters is 1. The van der Waals surface area contributed by atoms with Gasteiger partial charge in [0.25, 0.3) is 0 Å². The van der Waals surface area contributed by atoms with Crippen molar-refractivity contribution in [3.05, 3.63) is 11.5 Å². The molecule has 2 rings (SSSR count). The van der Waals surface area contributed by atoms with Gasteiger partial charge < -0.3 is 0 Å². The zero-order chi connectivity index (χ0) is 9.42. The van der Waals surface area contributed by atoms with E-state index in [4.69, 9.17) is 21.1 Å². The number of carbonyl (C=O) groups is 1. The van der Waals surface area contributed by atoms with Gasteiger partial charge in [0.1, 0.15) is 0 Å². The van der Waals surface area contributed by atoms with Crippen molar-refractivity contribution in [3.63, 3.8) is 0 Å². The van der Waals surface area contributed by atoms with E-state index in [0.29, 0.717) is 0 Å². The quantitative estimate of drug-likeness (QED) is 0.237. The minimum absolute atomic E-state index is 0. The summed E-state index contributed by atoms with van der Waals surface area (Å²) in [7, 11) is 0. The van der Waals surface area contributed by atoms with Crippen LogP contribution in [0.2, 0.25) is 0 Å². The third-order valence-corrected chi connectivity index (χ3v) is 3.22. The maximum absolute atomic E-state index is 10.9.